The molecule has 2 aromatic carbocycles. The van der Waals surface area contributed by atoms with Gasteiger partial charge in [-0.3, -0.25) is 0 Å². The summed E-state index contributed by atoms with van der Waals surface area (Å²) in [4.78, 5) is 4.50. The molecule has 0 aliphatic rings. The molecule has 0 radical (unpaired) electrons. The standard InChI is InChI=1S/C14H10BrFN2S/c1-8-3-2-4-12-13(8)18-14(19-12)17-11-6-5-9(15)7-10(11)16/h2-7H,1H3,(H,17,18). The van der Waals surface area contributed by atoms with Crippen LogP contribution in [0, 0.1) is 12.7 Å². The number of benzene rings is 2. The SMILES string of the molecule is Cc1cccc2sc(Nc3ccc(Br)cc3F)nc12. The molecule has 0 unspecified atom stereocenters. The van der Waals surface area contributed by atoms with Crippen LogP contribution in [0.3, 0.4) is 0 Å². The van der Waals surface area contributed by atoms with Gasteiger partial charge in [0.15, 0.2) is 5.13 Å². The number of para-hydroxylation sites is 1. The molecule has 5 heteroatoms. The van der Waals surface area contributed by atoms with E-state index in [0.717, 1.165) is 20.3 Å². The molecule has 1 heterocycles. The summed E-state index contributed by atoms with van der Waals surface area (Å²) in [6.07, 6.45) is 0. The molecule has 0 fully saturated rings. The number of aryl methyl sites for hydroxylation is 1. The van der Waals surface area contributed by atoms with E-state index in [1.54, 1.807) is 12.1 Å². The van der Waals surface area contributed by atoms with Gasteiger partial charge in [-0.25, -0.2) is 9.37 Å². The summed E-state index contributed by atoms with van der Waals surface area (Å²) in [5.41, 5.74) is 2.52. The number of nitrogens with one attached hydrogen (secondary N) is 1. The van der Waals surface area contributed by atoms with Gasteiger partial charge >= 0.3 is 0 Å². The van der Waals surface area contributed by atoms with Crippen molar-refractivity contribution >= 4 is 48.3 Å². The minimum absolute atomic E-state index is 0.301. The van der Waals surface area contributed by atoms with Crippen molar-refractivity contribution in [1.82, 2.24) is 4.98 Å². The minimum atomic E-state index is -0.301. The second-order valence-corrected chi connectivity index (χ2v) is 6.14. The number of anilines is 2. The van der Waals surface area contributed by atoms with Gasteiger partial charge in [-0.05, 0) is 36.8 Å². The van der Waals surface area contributed by atoms with Gasteiger partial charge in [0.05, 0.1) is 15.9 Å². The Hall–Kier alpha value is -1.46. The molecule has 0 amide bonds. The fraction of sp³-hybridized carbons (Fsp3) is 0.0714. The van der Waals surface area contributed by atoms with Crippen molar-refractivity contribution < 1.29 is 4.39 Å². The predicted octanol–water partition coefficient (Wildman–Crippen LogP) is 5.25. The molecule has 1 aromatic heterocycles. The molecule has 96 valence electrons. The second kappa shape index (κ2) is 4.90. The van der Waals surface area contributed by atoms with Crippen molar-refractivity contribution in [3.63, 3.8) is 0 Å². The Morgan fingerprint density at radius 2 is 2.11 bits per heavy atom. The molecule has 3 aromatic rings. The lowest BCUT2D eigenvalue weighted by Crippen LogP contribution is -1.92. The van der Waals surface area contributed by atoms with E-state index in [1.165, 1.54) is 17.4 Å². The Morgan fingerprint density at radius 1 is 1.26 bits per heavy atom. The zero-order chi connectivity index (χ0) is 13.4. The molecule has 19 heavy (non-hydrogen) atoms. The first-order valence-electron chi connectivity index (χ1n) is 5.72. The lowest BCUT2D eigenvalue weighted by molar-refractivity contribution is 0.631. The van der Waals surface area contributed by atoms with Crippen LogP contribution < -0.4 is 5.32 Å². The lowest BCUT2D eigenvalue weighted by Gasteiger charge is -2.03. The predicted molar refractivity (Wildman–Crippen MR) is 81.7 cm³/mol. The van der Waals surface area contributed by atoms with Crippen LogP contribution in [-0.4, -0.2) is 4.98 Å². The van der Waals surface area contributed by atoms with Crippen molar-refractivity contribution in [2.24, 2.45) is 0 Å². The maximum Gasteiger partial charge on any atom is 0.188 e. The molecule has 3 rings (SSSR count). The van der Waals surface area contributed by atoms with E-state index in [2.05, 4.69) is 26.2 Å². The minimum Gasteiger partial charge on any atom is -0.329 e. The van der Waals surface area contributed by atoms with Crippen LogP contribution in [0.25, 0.3) is 10.2 Å². The second-order valence-electron chi connectivity index (χ2n) is 4.19. The number of nitrogens with zero attached hydrogens (tertiary/aromatic N) is 1. The zero-order valence-corrected chi connectivity index (χ0v) is 12.5. The summed E-state index contributed by atoms with van der Waals surface area (Å²) in [6, 6.07) is 11.0. The Morgan fingerprint density at radius 3 is 2.84 bits per heavy atom. The summed E-state index contributed by atoms with van der Waals surface area (Å²) in [5, 5.41) is 3.73. The molecule has 0 atom stereocenters. The van der Waals surface area contributed by atoms with E-state index < -0.39 is 0 Å². The normalized spacial score (nSPS) is 10.9. The van der Waals surface area contributed by atoms with Gasteiger partial charge in [-0.15, -0.1) is 0 Å². The first-order valence-corrected chi connectivity index (χ1v) is 7.32. The van der Waals surface area contributed by atoms with Gasteiger partial charge in [0.25, 0.3) is 0 Å². The van der Waals surface area contributed by atoms with Crippen molar-refractivity contribution in [1.29, 1.82) is 0 Å². The molecular weight excluding hydrogens is 327 g/mol. The third-order valence-corrected chi connectivity index (χ3v) is 4.22. The van der Waals surface area contributed by atoms with Gasteiger partial charge in [0, 0.05) is 4.47 Å². The monoisotopic (exact) mass is 336 g/mol. The number of hydrogen-bond acceptors (Lipinski definition) is 3. The van der Waals surface area contributed by atoms with Gasteiger partial charge in [-0.1, -0.05) is 39.4 Å². The Balaban J connectivity index is 1.99. The van der Waals surface area contributed by atoms with Crippen LogP contribution in [-0.2, 0) is 0 Å². The van der Waals surface area contributed by atoms with Crippen LogP contribution in [0.1, 0.15) is 5.56 Å². The molecular formula is C14H10BrFN2S. The number of rotatable bonds is 2. The van der Waals surface area contributed by atoms with Crippen LogP contribution in [0.15, 0.2) is 40.9 Å². The Kier molecular flexibility index (Phi) is 3.24. The highest BCUT2D eigenvalue weighted by molar-refractivity contribution is 9.10. The van der Waals surface area contributed by atoms with Gasteiger partial charge in [0.1, 0.15) is 5.82 Å². The largest absolute Gasteiger partial charge is 0.329 e. The molecule has 0 bridgehead atoms. The van der Waals surface area contributed by atoms with E-state index in [9.17, 15) is 4.39 Å². The summed E-state index contributed by atoms with van der Waals surface area (Å²) in [6.45, 7) is 2.02. The van der Waals surface area contributed by atoms with Crippen molar-refractivity contribution in [3.05, 3.63) is 52.3 Å². The molecule has 0 aliphatic carbocycles. The molecule has 0 spiro atoms. The first kappa shape index (κ1) is 12.6. The van der Waals surface area contributed by atoms with Crippen molar-refractivity contribution in [2.75, 3.05) is 5.32 Å². The summed E-state index contributed by atoms with van der Waals surface area (Å²) >= 11 is 4.76. The zero-order valence-electron chi connectivity index (χ0n) is 10.1. The number of thiazole rings is 1. The highest BCUT2D eigenvalue weighted by Gasteiger charge is 2.08. The van der Waals surface area contributed by atoms with Crippen LogP contribution in [0.5, 0.6) is 0 Å². The lowest BCUT2D eigenvalue weighted by atomic mass is 10.2. The van der Waals surface area contributed by atoms with Gasteiger partial charge in [0.2, 0.25) is 0 Å². The third kappa shape index (κ3) is 2.48. The fourth-order valence-corrected chi connectivity index (χ4v) is 3.14. The molecule has 0 saturated carbocycles. The number of aromatic nitrogens is 1. The maximum atomic E-state index is 13.8. The summed E-state index contributed by atoms with van der Waals surface area (Å²) in [7, 11) is 0. The number of halogens is 2. The number of fused-ring (bicyclic) bond motifs is 1. The van der Waals surface area contributed by atoms with E-state index in [-0.39, 0.29) is 5.82 Å². The Bertz CT molecular complexity index is 754. The van der Waals surface area contributed by atoms with Crippen molar-refractivity contribution in [2.45, 2.75) is 6.92 Å². The van der Waals surface area contributed by atoms with Gasteiger partial charge in [-0.2, -0.15) is 0 Å². The van der Waals surface area contributed by atoms with E-state index >= 15 is 0 Å². The smallest absolute Gasteiger partial charge is 0.188 e. The molecule has 2 nitrogen and oxygen atoms in total. The topological polar surface area (TPSA) is 24.9 Å². The van der Waals surface area contributed by atoms with Crippen LogP contribution in [0.4, 0.5) is 15.2 Å². The maximum absolute atomic E-state index is 13.8. The Labute approximate surface area is 122 Å². The van der Waals surface area contributed by atoms with Crippen molar-refractivity contribution in [3.8, 4) is 0 Å². The van der Waals surface area contributed by atoms with Crippen LogP contribution >= 0.6 is 27.3 Å². The van der Waals surface area contributed by atoms with E-state index in [4.69, 9.17) is 0 Å². The summed E-state index contributed by atoms with van der Waals surface area (Å²) in [5.74, 6) is -0.301. The quantitative estimate of drug-likeness (QED) is 0.691. The average Bonchev–Trinajstić information content (AvgIpc) is 2.77. The van der Waals surface area contributed by atoms with Gasteiger partial charge < -0.3 is 5.32 Å². The highest BCUT2D eigenvalue weighted by Crippen LogP contribution is 2.31. The van der Waals surface area contributed by atoms with E-state index in [0.29, 0.717) is 10.8 Å². The first-order chi connectivity index (χ1) is 9.13. The summed E-state index contributed by atoms with van der Waals surface area (Å²) < 4.78 is 15.6. The average molecular weight is 337 g/mol. The molecule has 1 N–H and O–H groups in total. The molecule has 0 aliphatic heterocycles. The number of hydrogen-bond donors (Lipinski definition) is 1. The highest BCUT2D eigenvalue weighted by atomic mass is 79.9. The fourth-order valence-electron chi connectivity index (χ4n) is 1.85. The molecule has 0 saturated heterocycles. The van der Waals surface area contributed by atoms with Crippen LogP contribution in [0.2, 0.25) is 0 Å². The van der Waals surface area contributed by atoms with E-state index in [1.807, 2.05) is 25.1 Å². The third-order valence-electron chi connectivity index (χ3n) is 2.79.